The summed E-state index contributed by atoms with van der Waals surface area (Å²) in [6.45, 7) is 4.71. The Balaban J connectivity index is 1.74. The molecule has 1 saturated heterocycles. The predicted molar refractivity (Wildman–Crippen MR) is 99.3 cm³/mol. The number of rotatable bonds is 7. The van der Waals surface area contributed by atoms with Gasteiger partial charge in [0, 0.05) is 42.4 Å². The summed E-state index contributed by atoms with van der Waals surface area (Å²) in [5.74, 6) is -0.113. The highest BCUT2D eigenvalue weighted by Gasteiger charge is 2.22. The summed E-state index contributed by atoms with van der Waals surface area (Å²) in [5, 5.41) is 5.85. The minimum Gasteiger partial charge on any atom is -0.355 e. The number of piperidine rings is 1. The highest BCUT2D eigenvalue weighted by atomic mass is 79.9. The maximum absolute atomic E-state index is 12.2. The van der Waals surface area contributed by atoms with Crippen LogP contribution in [-0.2, 0) is 16.1 Å². The normalized spacial score (nSPS) is 15.8. The Morgan fingerprint density at radius 3 is 2.60 bits per heavy atom. The van der Waals surface area contributed by atoms with Crippen LogP contribution in [0.5, 0.6) is 0 Å². The van der Waals surface area contributed by atoms with Crippen LogP contribution in [0.25, 0.3) is 0 Å². The molecule has 1 aromatic heterocycles. The summed E-state index contributed by atoms with van der Waals surface area (Å²) < 4.78 is 2.14. The van der Waals surface area contributed by atoms with E-state index >= 15 is 0 Å². The van der Waals surface area contributed by atoms with Gasteiger partial charge in [0.1, 0.15) is 6.54 Å². The Kier molecular flexibility index (Phi) is 7.64. The molecule has 1 aromatic rings. The molecule has 7 nitrogen and oxygen atoms in total. The van der Waals surface area contributed by atoms with Crippen molar-refractivity contribution in [1.29, 1.82) is 0 Å². The topological polar surface area (TPSA) is 83.4 Å². The van der Waals surface area contributed by atoms with Gasteiger partial charge in [-0.3, -0.25) is 19.3 Å². The number of nitrogens with zero attached hydrogens (tertiary/aromatic N) is 2. The number of carbonyl (C=O) groups excluding carboxylic acids is 2. The number of hydrogen-bond donors (Lipinski definition) is 2. The second kappa shape index (κ2) is 9.72. The van der Waals surface area contributed by atoms with Gasteiger partial charge in [0.05, 0.1) is 6.54 Å². The van der Waals surface area contributed by atoms with Gasteiger partial charge >= 0.3 is 0 Å². The van der Waals surface area contributed by atoms with Gasteiger partial charge in [-0.25, -0.2) is 0 Å². The molecular weight excluding hydrogens is 388 g/mol. The first kappa shape index (κ1) is 19.7. The van der Waals surface area contributed by atoms with Crippen LogP contribution in [0.2, 0.25) is 0 Å². The zero-order chi connectivity index (χ0) is 18.2. The predicted octanol–water partition coefficient (Wildman–Crippen LogP) is 0.718. The second-order valence-electron chi connectivity index (χ2n) is 6.28. The fourth-order valence-corrected chi connectivity index (χ4v) is 3.19. The van der Waals surface area contributed by atoms with Crippen LogP contribution in [0.1, 0.15) is 26.2 Å². The average molecular weight is 413 g/mol. The molecule has 0 spiro atoms. The average Bonchev–Trinajstić information content (AvgIpc) is 2.58. The maximum atomic E-state index is 12.2. The molecule has 138 valence electrons. The summed E-state index contributed by atoms with van der Waals surface area (Å²) >= 11 is 3.30. The number of halogens is 1. The first-order valence-electron chi connectivity index (χ1n) is 8.62. The molecule has 2 heterocycles. The van der Waals surface area contributed by atoms with E-state index in [4.69, 9.17) is 0 Å². The van der Waals surface area contributed by atoms with Crippen LogP contribution in [-0.4, -0.2) is 53.5 Å². The molecule has 2 N–H and O–H groups in total. The lowest BCUT2D eigenvalue weighted by atomic mass is 10.0. The van der Waals surface area contributed by atoms with E-state index < -0.39 is 0 Å². The lowest BCUT2D eigenvalue weighted by molar-refractivity contribution is -0.124. The van der Waals surface area contributed by atoms with E-state index in [1.165, 1.54) is 10.6 Å². The number of likely N-dealkylation sites (tertiary alicyclic amines) is 1. The van der Waals surface area contributed by atoms with Crippen molar-refractivity contribution in [3.05, 3.63) is 33.2 Å². The molecule has 1 aliphatic rings. The van der Waals surface area contributed by atoms with Crippen molar-refractivity contribution >= 4 is 27.7 Å². The minimum absolute atomic E-state index is 0.0118. The van der Waals surface area contributed by atoms with E-state index in [2.05, 4.69) is 31.5 Å². The zero-order valence-electron chi connectivity index (χ0n) is 14.5. The van der Waals surface area contributed by atoms with Gasteiger partial charge in [0.25, 0.3) is 5.56 Å². The van der Waals surface area contributed by atoms with Crippen LogP contribution in [0.3, 0.4) is 0 Å². The number of nitrogens with one attached hydrogen (secondary N) is 2. The molecule has 0 unspecified atom stereocenters. The smallest absolute Gasteiger partial charge is 0.251 e. The van der Waals surface area contributed by atoms with Gasteiger partial charge in [-0.15, -0.1) is 0 Å². The van der Waals surface area contributed by atoms with E-state index in [0.29, 0.717) is 13.1 Å². The van der Waals surface area contributed by atoms with Crippen LogP contribution >= 0.6 is 15.9 Å². The van der Waals surface area contributed by atoms with Crippen molar-refractivity contribution in [3.63, 3.8) is 0 Å². The van der Waals surface area contributed by atoms with Crippen LogP contribution in [0.4, 0.5) is 0 Å². The monoisotopic (exact) mass is 412 g/mol. The molecule has 2 amide bonds. The summed E-state index contributed by atoms with van der Waals surface area (Å²) in [6.07, 6.45) is 4.15. The third-order valence-corrected chi connectivity index (χ3v) is 4.62. The molecule has 1 fully saturated rings. The van der Waals surface area contributed by atoms with Gasteiger partial charge in [-0.2, -0.15) is 0 Å². The van der Waals surface area contributed by atoms with Crippen molar-refractivity contribution in [2.75, 3.05) is 26.2 Å². The van der Waals surface area contributed by atoms with Gasteiger partial charge in [0.2, 0.25) is 11.8 Å². The van der Waals surface area contributed by atoms with E-state index in [0.717, 1.165) is 36.8 Å². The Morgan fingerprint density at radius 1 is 1.20 bits per heavy atom. The molecule has 8 heteroatoms. The van der Waals surface area contributed by atoms with Crippen molar-refractivity contribution in [2.24, 2.45) is 0 Å². The number of carbonyl (C=O) groups is 2. The quantitative estimate of drug-likeness (QED) is 0.690. The summed E-state index contributed by atoms with van der Waals surface area (Å²) in [4.78, 5) is 37.7. The molecule has 0 radical (unpaired) electrons. The van der Waals surface area contributed by atoms with E-state index in [-0.39, 0.29) is 30.0 Å². The van der Waals surface area contributed by atoms with Crippen molar-refractivity contribution < 1.29 is 9.59 Å². The molecule has 0 aromatic carbocycles. The molecule has 0 bridgehead atoms. The van der Waals surface area contributed by atoms with Gasteiger partial charge in [-0.1, -0.05) is 6.92 Å². The van der Waals surface area contributed by atoms with Gasteiger partial charge < -0.3 is 15.2 Å². The lowest BCUT2D eigenvalue weighted by Gasteiger charge is -2.31. The summed E-state index contributed by atoms with van der Waals surface area (Å²) in [6, 6.07) is 3.17. The molecule has 1 aliphatic heterocycles. The van der Waals surface area contributed by atoms with Gasteiger partial charge in [-0.05, 0) is 41.3 Å². The Hall–Kier alpha value is -1.67. The second-order valence-corrected chi connectivity index (χ2v) is 7.20. The number of hydrogen-bond acceptors (Lipinski definition) is 4. The third kappa shape index (κ3) is 6.62. The molecule has 0 atom stereocenters. The van der Waals surface area contributed by atoms with Crippen LogP contribution in [0.15, 0.2) is 27.6 Å². The highest BCUT2D eigenvalue weighted by molar-refractivity contribution is 9.10. The van der Waals surface area contributed by atoms with Crippen molar-refractivity contribution in [3.8, 4) is 0 Å². The fraction of sp³-hybridized carbons (Fsp3) is 0.588. The van der Waals surface area contributed by atoms with Crippen molar-refractivity contribution in [1.82, 2.24) is 20.1 Å². The van der Waals surface area contributed by atoms with Gasteiger partial charge in [0.15, 0.2) is 0 Å². The maximum Gasteiger partial charge on any atom is 0.251 e. The third-order valence-electron chi connectivity index (χ3n) is 4.15. The number of amides is 2. The summed E-state index contributed by atoms with van der Waals surface area (Å²) in [7, 11) is 0. The SMILES string of the molecule is CCCNC(=O)CN1CCC(NC(=O)Cn2cc(Br)ccc2=O)CC1. The van der Waals surface area contributed by atoms with Crippen LogP contribution < -0.4 is 16.2 Å². The zero-order valence-corrected chi connectivity index (χ0v) is 16.0. The standard InChI is InChI=1S/C17H25BrN4O3/c1-2-7-19-15(23)11-21-8-5-14(6-9-21)20-16(24)12-22-10-13(18)3-4-17(22)25/h3-4,10,14H,2,5-9,11-12H2,1H3,(H,19,23)(H,20,24). The van der Waals surface area contributed by atoms with E-state index in [1.54, 1.807) is 12.3 Å². The Labute approximate surface area is 155 Å². The van der Waals surface area contributed by atoms with E-state index in [9.17, 15) is 14.4 Å². The molecular formula is C17H25BrN4O3. The molecule has 2 rings (SSSR count). The number of aromatic nitrogens is 1. The first-order chi connectivity index (χ1) is 12.0. The highest BCUT2D eigenvalue weighted by Crippen LogP contribution is 2.10. The van der Waals surface area contributed by atoms with E-state index in [1.807, 2.05) is 6.92 Å². The Morgan fingerprint density at radius 2 is 1.92 bits per heavy atom. The summed E-state index contributed by atoms with van der Waals surface area (Å²) in [5.41, 5.74) is -0.203. The first-order valence-corrected chi connectivity index (χ1v) is 9.41. The lowest BCUT2D eigenvalue weighted by Crippen LogP contribution is -2.48. The Bertz CT molecular complexity index is 654. The van der Waals surface area contributed by atoms with Crippen LogP contribution in [0, 0.1) is 0 Å². The molecule has 0 aliphatic carbocycles. The number of pyridine rings is 1. The molecule has 25 heavy (non-hydrogen) atoms. The van der Waals surface area contributed by atoms with Crippen molar-refractivity contribution in [2.45, 2.75) is 38.8 Å². The molecule has 0 saturated carbocycles. The largest absolute Gasteiger partial charge is 0.355 e. The minimum atomic E-state index is -0.203. The fourth-order valence-electron chi connectivity index (χ4n) is 2.81.